The first-order valence-corrected chi connectivity index (χ1v) is 11.2. The molecule has 0 spiro atoms. The minimum atomic E-state index is -0.218. The van der Waals surface area contributed by atoms with Gasteiger partial charge in [-0.2, -0.15) is 0 Å². The maximum atomic E-state index is 13.5. The number of aromatic nitrogens is 2. The van der Waals surface area contributed by atoms with Crippen LogP contribution < -0.4 is 0 Å². The third-order valence-corrected chi connectivity index (χ3v) is 7.72. The van der Waals surface area contributed by atoms with Crippen LogP contribution in [0.1, 0.15) is 15.9 Å². The van der Waals surface area contributed by atoms with E-state index >= 15 is 0 Å². The normalized spacial score (nSPS) is 12.3. The molecular formula is C18H14BrCl2FN2Se. The molecule has 0 radical (unpaired) electrons. The standard InChI is InChI=1S/C18H14BrCl2FN2Se/c19-16-4-2-14(22)7-12(16)10-25-18(9-24-6-5-23-11-24)15-3-1-13(20)8-17(15)21/h1-8,11,18H,9-10H2. The Labute approximate surface area is 170 Å². The van der Waals surface area contributed by atoms with Gasteiger partial charge in [0, 0.05) is 0 Å². The summed E-state index contributed by atoms with van der Waals surface area (Å²) in [5.41, 5.74) is 2.04. The fraction of sp³-hybridized carbons (Fsp3) is 0.167. The number of rotatable bonds is 6. The molecule has 0 fully saturated rings. The topological polar surface area (TPSA) is 17.8 Å². The summed E-state index contributed by atoms with van der Waals surface area (Å²) >= 11 is 16.1. The summed E-state index contributed by atoms with van der Waals surface area (Å²) in [6, 6.07) is 10.4. The molecule has 0 aliphatic rings. The Balaban J connectivity index is 1.84. The van der Waals surface area contributed by atoms with Crippen molar-refractivity contribution in [1.82, 2.24) is 9.55 Å². The minimum absolute atomic E-state index is 0.165. The second-order valence-corrected chi connectivity index (χ2v) is 9.66. The van der Waals surface area contributed by atoms with Crippen LogP contribution in [0.5, 0.6) is 0 Å². The predicted molar refractivity (Wildman–Crippen MR) is 105 cm³/mol. The fourth-order valence-corrected chi connectivity index (χ4v) is 6.62. The molecule has 0 aliphatic carbocycles. The predicted octanol–water partition coefficient (Wildman–Crippen LogP) is 5.74. The summed E-state index contributed by atoms with van der Waals surface area (Å²) in [6.07, 6.45) is 5.49. The van der Waals surface area contributed by atoms with Crippen molar-refractivity contribution in [2.24, 2.45) is 0 Å². The van der Waals surface area contributed by atoms with Crippen LogP contribution in [0.2, 0.25) is 10.0 Å². The van der Waals surface area contributed by atoms with Crippen molar-refractivity contribution in [2.45, 2.75) is 16.7 Å². The molecule has 0 aliphatic heterocycles. The summed E-state index contributed by atoms with van der Waals surface area (Å²) < 4.78 is 16.5. The van der Waals surface area contributed by atoms with E-state index in [2.05, 4.69) is 20.9 Å². The zero-order valence-electron chi connectivity index (χ0n) is 13.0. The Morgan fingerprint density at radius 2 is 2.04 bits per heavy atom. The number of nitrogens with zero attached hydrogens (tertiary/aromatic N) is 2. The van der Waals surface area contributed by atoms with Gasteiger partial charge in [0.15, 0.2) is 0 Å². The molecule has 7 heteroatoms. The fourth-order valence-electron chi connectivity index (χ4n) is 2.43. The van der Waals surface area contributed by atoms with Gasteiger partial charge in [0.1, 0.15) is 0 Å². The van der Waals surface area contributed by atoms with Gasteiger partial charge >= 0.3 is 171 Å². The van der Waals surface area contributed by atoms with Crippen LogP contribution in [-0.4, -0.2) is 24.5 Å². The van der Waals surface area contributed by atoms with Crippen LogP contribution >= 0.6 is 39.1 Å². The Morgan fingerprint density at radius 1 is 1.20 bits per heavy atom. The van der Waals surface area contributed by atoms with Gasteiger partial charge in [0.25, 0.3) is 0 Å². The van der Waals surface area contributed by atoms with Gasteiger partial charge in [-0.05, 0) is 0 Å². The molecule has 1 atom stereocenters. The second kappa shape index (κ2) is 8.70. The quantitative estimate of drug-likeness (QED) is 0.390. The van der Waals surface area contributed by atoms with Crippen LogP contribution in [0.25, 0.3) is 0 Å². The van der Waals surface area contributed by atoms with Crippen molar-refractivity contribution in [3.8, 4) is 0 Å². The first-order chi connectivity index (χ1) is 12.0. The van der Waals surface area contributed by atoms with E-state index in [1.807, 2.05) is 22.9 Å². The van der Waals surface area contributed by atoms with E-state index < -0.39 is 0 Å². The first-order valence-electron chi connectivity index (χ1n) is 7.49. The summed E-state index contributed by atoms with van der Waals surface area (Å²) in [7, 11) is 0. The zero-order chi connectivity index (χ0) is 17.8. The second-order valence-electron chi connectivity index (χ2n) is 5.46. The number of hydrogen-bond acceptors (Lipinski definition) is 1. The van der Waals surface area contributed by atoms with E-state index in [9.17, 15) is 4.39 Å². The number of benzene rings is 2. The first kappa shape index (κ1) is 18.9. The molecule has 2 nitrogen and oxygen atoms in total. The van der Waals surface area contributed by atoms with Gasteiger partial charge < -0.3 is 0 Å². The Hall–Kier alpha value is -0.841. The van der Waals surface area contributed by atoms with Gasteiger partial charge in [0.2, 0.25) is 0 Å². The Kier molecular flexibility index (Phi) is 6.59. The van der Waals surface area contributed by atoms with Gasteiger partial charge in [0.05, 0.1) is 0 Å². The Morgan fingerprint density at radius 3 is 2.76 bits per heavy atom. The third-order valence-electron chi connectivity index (χ3n) is 3.69. The molecule has 3 rings (SSSR count). The molecule has 2 aromatic carbocycles. The molecule has 1 unspecified atom stereocenters. The summed E-state index contributed by atoms with van der Waals surface area (Å²) in [5.74, 6) is -0.218. The molecule has 0 bridgehead atoms. The SMILES string of the molecule is Fc1ccc(Br)c(C[Se]C(Cn2ccnc2)c2ccc(Cl)cc2Cl)c1. The molecule has 1 heterocycles. The average molecular weight is 507 g/mol. The van der Waals surface area contributed by atoms with Crippen LogP contribution in [0, 0.1) is 5.82 Å². The number of imidazole rings is 1. The van der Waals surface area contributed by atoms with Gasteiger partial charge in [-0.25, -0.2) is 0 Å². The van der Waals surface area contributed by atoms with Gasteiger partial charge in [-0.15, -0.1) is 0 Å². The van der Waals surface area contributed by atoms with Crippen molar-refractivity contribution < 1.29 is 4.39 Å². The van der Waals surface area contributed by atoms with Gasteiger partial charge in [-0.1, -0.05) is 0 Å². The number of hydrogen-bond donors (Lipinski definition) is 0. The van der Waals surface area contributed by atoms with E-state index in [0.29, 0.717) is 10.0 Å². The molecule has 0 amide bonds. The maximum absolute atomic E-state index is 13.5. The zero-order valence-corrected chi connectivity index (χ0v) is 17.8. The molecule has 130 valence electrons. The van der Waals surface area contributed by atoms with Crippen LogP contribution in [0.15, 0.2) is 59.6 Å². The average Bonchev–Trinajstić information content (AvgIpc) is 3.08. The van der Waals surface area contributed by atoms with Crippen LogP contribution in [0.3, 0.4) is 0 Å². The summed E-state index contributed by atoms with van der Waals surface area (Å²) in [4.78, 5) is 4.33. The van der Waals surface area contributed by atoms with Crippen molar-refractivity contribution in [2.75, 3.05) is 0 Å². The van der Waals surface area contributed by atoms with E-state index in [1.54, 1.807) is 30.7 Å². The van der Waals surface area contributed by atoms with Crippen molar-refractivity contribution in [1.29, 1.82) is 0 Å². The van der Waals surface area contributed by atoms with Crippen LogP contribution in [0.4, 0.5) is 4.39 Å². The molecule has 25 heavy (non-hydrogen) atoms. The summed E-state index contributed by atoms with van der Waals surface area (Å²) in [5, 5.41) is 2.08. The third kappa shape index (κ3) is 5.08. The molecule has 3 aromatic rings. The molecule has 1 aromatic heterocycles. The van der Waals surface area contributed by atoms with Crippen molar-refractivity contribution >= 4 is 54.1 Å². The van der Waals surface area contributed by atoms with E-state index in [4.69, 9.17) is 23.2 Å². The van der Waals surface area contributed by atoms with Crippen LogP contribution in [-0.2, 0) is 11.9 Å². The monoisotopic (exact) mass is 506 g/mol. The molecular weight excluding hydrogens is 493 g/mol. The molecule has 0 N–H and O–H groups in total. The Bertz CT molecular complexity index is 858. The van der Waals surface area contributed by atoms with Crippen molar-refractivity contribution in [3.05, 3.63) is 86.6 Å². The van der Waals surface area contributed by atoms with E-state index in [-0.39, 0.29) is 25.6 Å². The number of halogens is 4. The molecule has 0 saturated carbocycles. The van der Waals surface area contributed by atoms with Gasteiger partial charge in [-0.3, -0.25) is 0 Å². The van der Waals surface area contributed by atoms with E-state index in [1.165, 1.54) is 6.07 Å². The van der Waals surface area contributed by atoms with E-state index in [0.717, 1.165) is 27.5 Å². The molecule has 0 saturated heterocycles. The van der Waals surface area contributed by atoms with Crippen molar-refractivity contribution in [3.63, 3.8) is 0 Å². The summed E-state index contributed by atoms with van der Waals surface area (Å²) in [6.45, 7) is 0.772.